The normalized spacial score (nSPS) is 11.7. The highest BCUT2D eigenvalue weighted by Crippen LogP contribution is 2.43. The van der Waals surface area contributed by atoms with Crippen LogP contribution in [0.25, 0.3) is 77.2 Å². The molecule has 4 nitrogen and oxygen atoms in total. The van der Waals surface area contributed by atoms with Crippen molar-refractivity contribution in [1.29, 1.82) is 5.26 Å². The average Bonchev–Trinajstić information content (AvgIpc) is 1.72. The van der Waals surface area contributed by atoms with Crippen molar-refractivity contribution >= 4 is 118 Å². The first-order valence-electron chi connectivity index (χ1n) is 33.2. The SMILES string of the molecule is N#Cc1ccc(N(c2ccc3c(c2)c2cc([Si](c4ccccc4)(c4ccccc4)c4ccccc4)ccc2n3-c2ccc(-c3ccccc3)cc2)c2ccc3c(c2)c2cc([Si](c4ccccc4)(c4ccccc4)c4ccccc4)ccc2n3-c2ccc(-c3ccccc3)cc2)cc1. The number of rotatable bonds is 15. The largest absolute Gasteiger partial charge is 0.310 e. The van der Waals surface area contributed by atoms with Gasteiger partial charge in [0.15, 0.2) is 16.1 Å². The van der Waals surface area contributed by atoms with Crippen LogP contribution in [0.2, 0.25) is 0 Å². The lowest BCUT2D eigenvalue weighted by Crippen LogP contribution is -2.74. The van der Waals surface area contributed by atoms with E-state index in [0.717, 1.165) is 72.0 Å². The van der Waals surface area contributed by atoms with Crippen LogP contribution < -0.4 is 46.4 Å². The summed E-state index contributed by atoms with van der Waals surface area (Å²) in [4.78, 5) is 2.39. The number of hydrogen-bond acceptors (Lipinski definition) is 2. The summed E-state index contributed by atoms with van der Waals surface area (Å²) >= 11 is 0. The van der Waals surface area contributed by atoms with E-state index in [1.54, 1.807) is 0 Å². The molecule has 0 bridgehead atoms. The van der Waals surface area contributed by atoms with E-state index in [4.69, 9.17) is 0 Å². The summed E-state index contributed by atoms with van der Waals surface area (Å²) in [5.41, 5.74) is 14.8. The Morgan fingerprint density at radius 1 is 0.227 bits per heavy atom. The summed E-state index contributed by atoms with van der Waals surface area (Å²) in [5.74, 6) is 0. The Balaban J connectivity index is 0.923. The third kappa shape index (κ3) is 10.0. The summed E-state index contributed by atoms with van der Waals surface area (Å²) < 4.78 is 4.90. The van der Waals surface area contributed by atoms with Crippen LogP contribution in [0.3, 0.4) is 0 Å². The van der Waals surface area contributed by atoms with Crippen molar-refractivity contribution in [3.8, 4) is 39.7 Å². The van der Waals surface area contributed by atoms with E-state index >= 15 is 0 Å². The van der Waals surface area contributed by atoms with Gasteiger partial charge in [0.25, 0.3) is 0 Å². The zero-order chi connectivity index (χ0) is 64.7. The molecule has 0 fully saturated rings. The van der Waals surface area contributed by atoms with Gasteiger partial charge in [-0.2, -0.15) is 5.26 Å². The molecule has 0 unspecified atom stereocenters. The maximum Gasteiger partial charge on any atom is 0.179 e. The van der Waals surface area contributed by atoms with E-state index in [0.29, 0.717) is 5.56 Å². The predicted molar refractivity (Wildman–Crippen MR) is 413 cm³/mol. The van der Waals surface area contributed by atoms with Crippen LogP contribution in [-0.4, -0.2) is 25.3 Å². The molecule has 2 heterocycles. The molecule has 6 heteroatoms. The number of hydrogen-bond donors (Lipinski definition) is 0. The summed E-state index contributed by atoms with van der Waals surface area (Å²) in [6.07, 6.45) is 0. The Bertz CT molecular complexity index is 5180. The second-order valence-electron chi connectivity index (χ2n) is 25.1. The molecule has 0 spiro atoms. The van der Waals surface area contributed by atoms with Crippen molar-refractivity contribution in [2.24, 2.45) is 0 Å². The van der Waals surface area contributed by atoms with E-state index in [1.165, 1.54) is 63.7 Å². The quantitative estimate of drug-likeness (QED) is 0.0758. The first-order valence-corrected chi connectivity index (χ1v) is 37.2. The number of nitriles is 1. The summed E-state index contributed by atoms with van der Waals surface area (Å²) in [6, 6.07) is 146. The van der Waals surface area contributed by atoms with Gasteiger partial charge >= 0.3 is 0 Å². The lowest BCUT2D eigenvalue weighted by Gasteiger charge is -2.34. The maximum atomic E-state index is 10.3. The Labute approximate surface area is 567 Å². The van der Waals surface area contributed by atoms with Crippen LogP contribution in [0.5, 0.6) is 0 Å². The van der Waals surface area contributed by atoms with Gasteiger partial charge in [-0.1, -0.05) is 291 Å². The van der Waals surface area contributed by atoms with Gasteiger partial charge in [-0.15, -0.1) is 0 Å². The number of benzene rings is 15. The lowest BCUT2D eigenvalue weighted by molar-refractivity contribution is 1.18. The Morgan fingerprint density at radius 2 is 0.485 bits per heavy atom. The molecule has 0 radical (unpaired) electrons. The van der Waals surface area contributed by atoms with Crippen LogP contribution in [0.15, 0.2) is 388 Å². The van der Waals surface area contributed by atoms with E-state index in [-0.39, 0.29) is 0 Å². The van der Waals surface area contributed by atoms with E-state index in [2.05, 4.69) is 396 Å². The molecule has 0 atom stereocenters. The fraction of sp³-hybridized carbons (Fsp3) is 0. The van der Waals surface area contributed by atoms with Crippen molar-refractivity contribution in [3.63, 3.8) is 0 Å². The minimum Gasteiger partial charge on any atom is -0.310 e. The van der Waals surface area contributed by atoms with Gasteiger partial charge in [0.05, 0.1) is 33.7 Å². The highest BCUT2D eigenvalue weighted by molar-refractivity contribution is 7.20. The van der Waals surface area contributed by atoms with E-state index in [9.17, 15) is 5.26 Å². The molecule has 2 aromatic heterocycles. The van der Waals surface area contributed by atoms with Crippen molar-refractivity contribution in [2.45, 2.75) is 0 Å². The van der Waals surface area contributed by atoms with Gasteiger partial charge < -0.3 is 14.0 Å². The fourth-order valence-electron chi connectivity index (χ4n) is 15.5. The highest BCUT2D eigenvalue weighted by Gasteiger charge is 2.43. The predicted octanol–water partition coefficient (Wildman–Crippen LogP) is 17.3. The zero-order valence-corrected chi connectivity index (χ0v) is 55.2. The Hall–Kier alpha value is -12.4. The second kappa shape index (κ2) is 24.8. The van der Waals surface area contributed by atoms with Gasteiger partial charge in [0, 0.05) is 50.0 Å². The van der Waals surface area contributed by atoms with Crippen LogP contribution in [0, 0.1) is 11.3 Å². The number of aromatic nitrogens is 2. The van der Waals surface area contributed by atoms with Gasteiger partial charge in [0.2, 0.25) is 0 Å². The number of nitrogens with zero attached hydrogens (tertiary/aromatic N) is 4. The highest BCUT2D eigenvalue weighted by atomic mass is 28.3. The smallest absolute Gasteiger partial charge is 0.179 e. The lowest BCUT2D eigenvalue weighted by atomic mass is 10.1. The molecular formula is C91H64N4Si2. The monoisotopic (exact) mass is 1270 g/mol. The number of anilines is 3. The molecule has 0 amide bonds. The molecule has 0 aliphatic rings. The molecule has 0 saturated carbocycles. The van der Waals surface area contributed by atoms with Crippen LogP contribution >= 0.6 is 0 Å². The molecule has 0 N–H and O–H groups in total. The standard InChI is InChI=1S/C91H64N4Si2/c92-65-66-41-47-71(48-42-66)93(74-53-57-88-84(61-74)86-63-82(55-59-90(86)94(88)72-49-43-69(44-50-72)67-25-9-1-10-26-67)96(76-29-13-3-14-30-76,77-31-15-4-16-32-77)78-33-17-5-18-34-78)75-54-58-89-85(62-75)87-64-83(56-60-91(87)95(89)73-51-45-70(46-52-73)68-27-11-2-12-28-68)97(79-35-19-6-20-36-79,80-37-21-7-22-38-80)81-39-23-8-24-40-81/h1-64H. The molecule has 0 aliphatic carbocycles. The summed E-state index contributed by atoms with van der Waals surface area (Å²) in [5, 5.41) is 25.4. The fourth-order valence-corrected chi connectivity index (χ4v) is 25.0. The third-order valence-electron chi connectivity index (χ3n) is 19.8. The van der Waals surface area contributed by atoms with Gasteiger partial charge in [-0.05, 0) is 161 Å². The van der Waals surface area contributed by atoms with Crippen molar-refractivity contribution in [3.05, 3.63) is 394 Å². The third-order valence-corrected chi connectivity index (χ3v) is 29.4. The minimum absolute atomic E-state index is 0.600. The molecule has 456 valence electrons. The van der Waals surface area contributed by atoms with Gasteiger partial charge in [0.1, 0.15) is 0 Å². The number of fused-ring (bicyclic) bond motifs is 6. The van der Waals surface area contributed by atoms with Gasteiger partial charge in [-0.25, -0.2) is 0 Å². The Morgan fingerprint density at radius 3 is 0.784 bits per heavy atom. The molecule has 0 saturated heterocycles. The Kier molecular flexibility index (Phi) is 15.0. The van der Waals surface area contributed by atoms with E-state index in [1.807, 2.05) is 12.1 Å². The average molecular weight is 1270 g/mol. The summed E-state index contributed by atoms with van der Waals surface area (Å²) in [6.45, 7) is 0. The molecule has 17 aromatic rings. The molecular weight excluding hydrogens is 1210 g/mol. The van der Waals surface area contributed by atoms with Crippen LogP contribution in [-0.2, 0) is 0 Å². The summed E-state index contributed by atoms with van der Waals surface area (Å²) in [7, 11) is -5.96. The molecule has 17 rings (SSSR count). The van der Waals surface area contributed by atoms with E-state index < -0.39 is 16.1 Å². The molecule has 15 aromatic carbocycles. The molecule has 0 aliphatic heterocycles. The van der Waals surface area contributed by atoms with Crippen molar-refractivity contribution in [2.75, 3.05) is 4.90 Å². The maximum absolute atomic E-state index is 10.3. The van der Waals surface area contributed by atoms with Gasteiger partial charge in [-0.3, -0.25) is 0 Å². The van der Waals surface area contributed by atoms with Crippen LogP contribution in [0.4, 0.5) is 17.1 Å². The first-order chi connectivity index (χ1) is 48.1. The topological polar surface area (TPSA) is 36.9 Å². The second-order valence-corrected chi connectivity index (χ2v) is 32.7. The molecule has 97 heavy (non-hydrogen) atoms. The zero-order valence-electron chi connectivity index (χ0n) is 53.2. The minimum atomic E-state index is -2.98. The van der Waals surface area contributed by atoms with Crippen molar-refractivity contribution < 1.29 is 0 Å². The first kappa shape index (κ1) is 58.4. The van der Waals surface area contributed by atoms with Crippen LogP contribution in [0.1, 0.15) is 5.56 Å². The van der Waals surface area contributed by atoms with Crippen molar-refractivity contribution in [1.82, 2.24) is 9.13 Å².